The van der Waals surface area contributed by atoms with Gasteiger partial charge >= 0.3 is 0 Å². The smallest absolute Gasteiger partial charge is 0.148 e. The highest BCUT2D eigenvalue weighted by molar-refractivity contribution is 9.10. The lowest BCUT2D eigenvalue weighted by Gasteiger charge is -2.20. The molecule has 2 aromatic rings. The fraction of sp³-hybridized carbons (Fsp3) is 0.286. The third-order valence-corrected chi connectivity index (χ3v) is 3.64. The van der Waals surface area contributed by atoms with E-state index in [9.17, 15) is 0 Å². The van der Waals surface area contributed by atoms with Crippen molar-refractivity contribution in [3.8, 4) is 0 Å². The van der Waals surface area contributed by atoms with E-state index in [-0.39, 0.29) is 0 Å². The summed E-state index contributed by atoms with van der Waals surface area (Å²) >= 11 is 3.54. The molecule has 0 fully saturated rings. The maximum Gasteiger partial charge on any atom is 0.148 e. The first-order valence-corrected chi connectivity index (χ1v) is 6.86. The maximum absolute atomic E-state index is 4.33. The van der Waals surface area contributed by atoms with Gasteiger partial charge in [-0.15, -0.1) is 0 Å². The highest BCUT2D eigenvalue weighted by Gasteiger charge is 2.11. The fourth-order valence-electron chi connectivity index (χ4n) is 1.84. The number of rotatable bonds is 4. The van der Waals surface area contributed by atoms with Crippen molar-refractivity contribution < 1.29 is 0 Å². The molecule has 1 aromatic carbocycles. The van der Waals surface area contributed by atoms with Gasteiger partial charge in [-0.3, -0.25) is 0 Å². The first-order valence-electron chi connectivity index (χ1n) is 6.06. The largest absolute Gasteiger partial charge is 0.372 e. The molecule has 1 heterocycles. The molecule has 4 nitrogen and oxygen atoms in total. The summed E-state index contributed by atoms with van der Waals surface area (Å²) in [6.07, 6.45) is 1.57. The van der Waals surface area contributed by atoms with Crippen LogP contribution in [-0.2, 0) is 6.54 Å². The predicted molar refractivity (Wildman–Crippen MR) is 82.6 cm³/mol. The van der Waals surface area contributed by atoms with Crippen LogP contribution in [0, 0.1) is 6.92 Å². The maximum atomic E-state index is 4.33. The quantitative estimate of drug-likeness (QED) is 0.939. The van der Waals surface area contributed by atoms with Crippen molar-refractivity contribution in [2.45, 2.75) is 13.5 Å². The van der Waals surface area contributed by atoms with Gasteiger partial charge < -0.3 is 10.2 Å². The molecule has 0 aliphatic rings. The summed E-state index contributed by atoms with van der Waals surface area (Å²) in [5, 5.41) is 3.04. The summed E-state index contributed by atoms with van der Waals surface area (Å²) in [4.78, 5) is 10.6. The first-order chi connectivity index (χ1) is 9.11. The van der Waals surface area contributed by atoms with Gasteiger partial charge in [0.2, 0.25) is 0 Å². The Bertz CT molecular complexity index is 554. The number of anilines is 2. The van der Waals surface area contributed by atoms with Gasteiger partial charge in [0, 0.05) is 20.6 Å². The van der Waals surface area contributed by atoms with E-state index in [0.717, 1.165) is 22.7 Å². The van der Waals surface area contributed by atoms with Crippen LogP contribution >= 0.6 is 15.9 Å². The predicted octanol–water partition coefficient (Wildman–Crippen LogP) is 3.23. The van der Waals surface area contributed by atoms with Crippen LogP contribution in [0.2, 0.25) is 0 Å². The van der Waals surface area contributed by atoms with Crippen LogP contribution in [0.5, 0.6) is 0 Å². The first kappa shape index (κ1) is 13.8. The molecule has 0 spiro atoms. The molecule has 1 aromatic heterocycles. The van der Waals surface area contributed by atoms with Gasteiger partial charge in [0.15, 0.2) is 0 Å². The molecule has 0 atom stereocenters. The van der Waals surface area contributed by atoms with E-state index in [1.54, 1.807) is 6.33 Å². The van der Waals surface area contributed by atoms with Crippen molar-refractivity contribution >= 4 is 27.6 Å². The van der Waals surface area contributed by atoms with Crippen LogP contribution in [0.15, 0.2) is 35.1 Å². The molecular formula is C14H17BrN4. The molecule has 0 radical (unpaired) electrons. The number of nitrogens with zero attached hydrogens (tertiary/aromatic N) is 3. The molecule has 0 aliphatic carbocycles. The van der Waals surface area contributed by atoms with E-state index in [4.69, 9.17) is 0 Å². The lowest BCUT2D eigenvalue weighted by Crippen LogP contribution is -2.18. The number of nitrogens with one attached hydrogen (secondary N) is 1. The number of halogens is 1. The van der Waals surface area contributed by atoms with Gasteiger partial charge in [-0.05, 0) is 28.4 Å². The molecule has 0 aliphatic heterocycles. The number of aryl methyl sites for hydroxylation is 1. The molecule has 0 saturated heterocycles. The van der Waals surface area contributed by atoms with Crippen LogP contribution in [0.3, 0.4) is 0 Å². The third kappa shape index (κ3) is 3.23. The zero-order valence-electron chi connectivity index (χ0n) is 11.3. The van der Waals surface area contributed by atoms with E-state index >= 15 is 0 Å². The van der Waals surface area contributed by atoms with Crippen molar-refractivity contribution in [3.05, 3.63) is 46.2 Å². The summed E-state index contributed by atoms with van der Waals surface area (Å²) < 4.78 is 0.882. The van der Waals surface area contributed by atoms with Crippen LogP contribution < -0.4 is 10.2 Å². The molecule has 0 unspecified atom stereocenters. The van der Waals surface area contributed by atoms with Crippen molar-refractivity contribution in [3.63, 3.8) is 0 Å². The summed E-state index contributed by atoms with van der Waals surface area (Å²) in [5.41, 5.74) is 2.52. The summed E-state index contributed by atoms with van der Waals surface area (Å²) in [6, 6.07) is 8.52. The second-order valence-corrected chi connectivity index (χ2v) is 5.24. The normalized spacial score (nSPS) is 10.3. The molecule has 0 saturated carbocycles. The Balaban J connectivity index is 2.20. The van der Waals surface area contributed by atoms with Gasteiger partial charge in [0.25, 0.3) is 0 Å². The third-order valence-electron chi connectivity index (χ3n) is 2.91. The molecule has 100 valence electrons. The summed E-state index contributed by atoms with van der Waals surface area (Å²) in [7, 11) is 3.86. The van der Waals surface area contributed by atoms with Gasteiger partial charge in [0.05, 0.1) is 0 Å². The summed E-state index contributed by atoms with van der Waals surface area (Å²) in [5.74, 6) is 1.67. The lowest BCUT2D eigenvalue weighted by molar-refractivity contribution is 0.886. The SMILES string of the molecule is CNc1ncnc(N(C)Cc2ccc(C)cc2)c1Br. The Kier molecular flexibility index (Phi) is 4.37. The van der Waals surface area contributed by atoms with Crippen molar-refractivity contribution in [2.24, 2.45) is 0 Å². The van der Waals surface area contributed by atoms with Crippen LogP contribution in [0.4, 0.5) is 11.6 Å². The average Bonchev–Trinajstić information content (AvgIpc) is 2.41. The summed E-state index contributed by atoms with van der Waals surface area (Å²) in [6.45, 7) is 2.90. The van der Waals surface area contributed by atoms with Crippen molar-refractivity contribution in [2.75, 3.05) is 24.3 Å². The minimum absolute atomic E-state index is 0.792. The lowest BCUT2D eigenvalue weighted by atomic mass is 10.1. The molecule has 2 rings (SSSR count). The minimum atomic E-state index is 0.792. The standard InChI is InChI=1S/C14H17BrN4/c1-10-4-6-11(7-5-10)8-19(3)14-12(15)13(16-2)17-9-18-14/h4-7,9H,8H2,1-3H3,(H,16,17,18). The molecular weight excluding hydrogens is 304 g/mol. The molecule has 19 heavy (non-hydrogen) atoms. The van der Waals surface area contributed by atoms with E-state index in [0.29, 0.717) is 0 Å². The fourth-order valence-corrected chi connectivity index (χ4v) is 2.55. The Morgan fingerprint density at radius 1 is 1.21 bits per heavy atom. The molecule has 1 N–H and O–H groups in total. The Morgan fingerprint density at radius 2 is 1.89 bits per heavy atom. The van der Waals surface area contributed by atoms with E-state index in [1.807, 2.05) is 14.1 Å². The van der Waals surface area contributed by atoms with Crippen molar-refractivity contribution in [1.29, 1.82) is 0 Å². The Morgan fingerprint density at radius 3 is 2.53 bits per heavy atom. The minimum Gasteiger partial charge on any atom is -0.372 e. The number of hydrogen-bond acceptors (Lipinski definition) is 4. The Hall–Kier alpha value is -1.62. The highest BCUT2D eigenvalue weighted by atomic mass is 79.9. The second kappa shape index (κ2) is 6.02. The van der Waals surface area contributed by atoms with Gasteiger partial charge in [-0.1, -0.05) is 29.8 Å². The van der Waals surface area contributed by atoms with Crippen LogP contribution in [0.25, 0.3) is 0 Å². The monoisotopic (exact) mass is 320 g/mol. The topological polar surface area (TPSA) is 41.1 Å². The van der Waals surface area contributed by atoms with Crippen LogP contribution in [-0.4, -0.2) is 24.1 Å². The number of aromatic nitrogens is 2. The number of hydrogen-bond donors (Lipinski definition) is 1. The van der Waals surface area contributed by atoms with E-state index in [2.05, 4.69) is 67.3 Å². The van der Waals surface area contributed by atoms with Crippen LogP contribution in [0.1, 0.15) is 11.1 Å². The van der Waals surface area contributed by atoms with Crippen molar-refractivity contribution in [1.82, 2.24) is 9.97 Å². The Labute approximate surface area is 122 Å². The van der Waals surface area contributed by atoms with E-state index < -0.39 is 0 Å². The van der Waals surface area contributed by atoms with Gasteiger partial charge in [0.1, 0.15) is 22.4 Å². The zero-order valence-corrected chi connectivity index (χ0v) is 12.9. The number of benzene rings is 1. The van der Waals surface area contributed by atoms with Gasteiger partial charge in [-0.2, -0.15) is 0 Å². The molecule has 0 amide bonds. The van der Waals surface area contributed by atoms with E-state index in [1.165, 1.54) is 11.1 Å². The molecule has 0 bridgehead atoms. The van der Waals surface area contributed by atoms with Gasteiger partial charge in [-0.25, -0.2) is 9.97 Å². The average molecular weight is 321 g/mol. The zero-order chi connectivity index (χ0) is 13.8. The second-order valence-electron chi connectivity index (χ2n) is 4.45. The highest BCUT2D eigenvalue weighted by Crippen LogP contribution is 2.29. The molecule has 5 heteroatoms.